The van der Waals surface area contributed by atoms with E-state index >= 15 is 0 Å². The normalized spacial score (nSPS) is 16.3. The molecule has 7 heteroatoms. The lowest BCUT2D eigenvalue weighted by atomic mass is 10.1. The number of pyridine rings is 1. The van der Waals surface area contributed by atoms with Crippen LogP contribution >= 0.6 is 0 Å². The van der Waals surface area contributed by atoms with Gasteiger partial charge in [-0.25, -0.2) is 17.4 Å². The molecule has 1 fully saturated rings. The molecular weight excluding hydrogens is 290 g/mol. The quantitative estimate of drug-likeness (QED) is 0.842. The molecule has 2 aromatic heterocycles. The van der Waals surface area contributed by atoms with Gasteiger partial charge in [0.05, 0.1) is 11.8 Å². The van der Waals surface area contributed by atoms with E-state index in [2.05, 4.69) is 4.98 Å². The maximum atomic E-state index is 12.4. The van der Waals surface area contributed by atoms with E-state index in [9.17, 15) is 13.2 Å². The Kier molecular flexibility index (Phi) is 3.44. The summed E-state index contributed by atoms with van der Waals surface area (Å²) in [4.78, 5) is 18.4. The van der Waals surface area contributed by atoms with Crippen molar-refractivity contribution in [2.45, 2.75) is 19.3 Å². The number of hydrogen-bond acceptors (Lipinski definition) is 4. The molecule has 0 bridgehead atoms. The van der Waals surface area contributed by atoms with E-state index in [1.807, 2.05) is 4.90 Å². The van der Waals surface area contributed by atoms with E-state index in [0.29, 0.717) is 16.6 Å². The molecule has 0 radical (unpaired) electrons. The Morgan fingerprint density at radius 1 is 1.24 bits per heavy atom. The summed E-state index contributed by atoms with van der Waals surface area (Å²) in [5, 5.41) is 0.656. The Morgan fingerprint density at radius 2 is 1.95 bits per heavy atom. The molecule has 0 spiro atoms. The summed E-state index contributed by atoms with van der Waals surface area (Å²) < 4.78 is 24.4. The number of amides is 1. The number of hydrogen-bond donors (Lipinski definition) is 0. The first kappa shape index (κ1) is 14.1. The third-order valence-electron chi connectivity index (χ3n) is 3.74. The van der Waals surface area contributed by atoms with Crippen LogP contribution in [0.15, 0.2) is 24.5 Å². The van der Waals surface area contributed by atoms with Crippen LogP contribution in [0.2, 0.25) is 0 Å². The molecule has 112 valence electrons. The fraction of sp³-hybridized carbons (Fsp3) is 0.429. The number of carbonyl (C=O) groups is 1. The molecule has 1 aliphatic rings. The van der Waals surface area contributed by atoms with Crippen molar-refractivity contribution in [3.8, 4) is 0 Å². The summed E-state index contributed by atoms with van der Waals surface area (Å²) in [5.41, 5.74) is 0.864. The molecule has 3 rings (SSSR count). The number of aromatic nitrogens is 2. The second-order valence-corrected chi connectivity index (χ2v) is 7.22. The molecule has 6 nitrogen and oxygen atoms in total. The topological polar surface area (TPSA) is 72.3 Å². The molecule has 1 saturated heterocycles. The third-order valence-corrected chi connectivity index (χ3v) is 4.75. The average molecular weight is 307 g/mol. The lowest BCUT2D eigenvalue weighted by Gasteiger charge is -2.26. The summed E-state index contributed by atoms with van der Waals surface area (Å²) >= 11 is 0. The van der Waals surface area contributed by atoms with Gasteiger partial charge in [-0.3, -0.25) is 4.79 Å². The summed E-state index contributed by atoms with van der Waals surface area (Å²) in [6, 6.07) is 3.37. The van der Waals surface area contributed by atoms with Crippen molar-refractivity contribution in [1.82, 2.24) is 13.9 Å². The Morgan fingerprint density at radius 3 is 2.62 bits per heavy atom. The molecule has 2 aromatic rings. The molecule has 21 heavy (non-hydrogen) atoms. The molecule has 0 atom stereocenters. The van der Waals surface area contributed by atoms with Crippen LogP contribution in [-0.4, -0.2) is 47.5 Å². The molecule has 1 aliphatic heterocycles. The van der Waals surface area contributed by atoms with Crippen molar-refractivity contribution in [2.75, 3.05) is 19.3 Å². The summed E-state index contributed by atoms with van der Waals surface area (Å²) in [6.07, 6.45) is 7.28. The van der Waals surface area contributed by atoms with Gasteiger partial charge < -0.3 is 4.90 Å². The first-order valence-electron chi connectivity index (χ1n) is 6.94. The second-order valence-electron chi connectivity index (χ2n) is 5.36. The van der Waals surface area contributed by atoms with Gasteiger partial charge in [0, 0.05) is 30.9 Å². The highest BCUT2D eigenvalue weighted by molar-refractivity contribution is 7.89. The van der Waals surface area contributed by atoms with Gasteiger partial charge in [0.25, 0.3) is 5.91 Å². The van der Waals surface area contributed by atoms with Crippen LogP contribution in [0.4, 0.5) is 0 Å². The third kappa shape index (κ3) is 2.65. The monoisotopic (exact) mass is 307 g/mol. The Hall–Kier alpha value is -1.89. The predicted octanol–water partition coefficient (Wildman–Crippen LogP) is 1.47. The maximum Gasteiger partial charge on any atom is 0.255 e. The highest BCUT2D eigenvalue weighted by Crippen LogP contribution is 2.19. The van der Waals surface area contributed by atoms with E-state index < -0.39 is 10.0 Å². The van der Waals surface area contributed by atoms with E-state index in [1.54, 1.807) is 12.1 Å². The first-order chi connectivity index (χ1) is 9.97. The summed E-state index contributed by atoms with van der Waals surface area (Å²) in [5.74, 6) is -0.0313. The fourth-order valence-corrected chi connectivity index (χ4v) is 3.41. The van der Waals surface area contributed by atoms with Gasteiger partial charge in [-0.2, -0.15) is 0 Å². The molecule has 0 aromatic carbocycles. The van der Waals surface area contributed by atoms with Gasteiger partial charge >= 0.3 is 0 Å². The van der Waals surface area contributed by atoms with Crippen LogP contribution < -0.4 is 0 Å². The van der Waals surface area contributed by atoms with Crippen molar-refractivity contribution in [3.05, 3.63) is 30.1 Å². The molecule has 0 saturated carbocycles. The standard InChI is InChI=1S/C14H17N3O3S/c1-21(19,20)17-8-5-11-9-12(10-15-13(11)17)14(18)16-6-3-2-4-7-16/h5,8-10H,2-4,6-7H2,1H3. The highest BCUT2D eigenvalue weighted by Gasteiger charge is 2.19. The smallest absolute Gasteiger partial charge is 0.255 e. The molecule has 0 N–H and O–H groups in total. The Labute approximate surface area is 123 Å². The van der Waals surface area contributed by atoms with Crippen molar-refractivity contribution in [3.63, 3.8) is 0 Å². The summed E-state index contributed by atoms with van der Waals surface area (Å²) in [6.45, 7) is 1.56. The zero-order chi connectivity index (χ0) is 15.0. The van der Waals surface area contributed by atoms with Crippen molar-refractivity contribution in [2.24, 2.45) is 0 Å². The molecule has 1 amide bonds. The van der Waals surface area contributed by atoms with Gasteiger partial charge in [-0.1, -0.05) is 0 Å². The highest BCUT2D eigenvalue weighted by atomic mass is 32.2. The van der Waals surface area contributed by atoms with Crippen LogP contribution in [0.25, 0.3) is 11.0 Å². The van der Waals surface area contributed by atoms with Crippen molar-refractivity contribution in [1.29, 1.82) is 0 Å². The zero-order valence-corrected chi connectivity index (χ0v) is 12.6. The minimum Gasteiger partial charge on any atom is -0.339 e. The minimum absolute atomic E-state index is 0.0313. The number of carbonyl (C=O) groups excluding carboxylic acids is 1. The lowest BCUT2D eigenvalue weighted by Crippen LogP contribution is -2.35. The van der Waals surface area contributed by atoms with E-state index in [-0.39, 0.29) is 5.91 Å². The maximum absolute atomic E-state index is 12.4. The van der Waals surface area contributed by atoms with Gasteiger partial charge in [0.2, 0.25) is 10.0 Å². The number of rotatable bonds is 2. The van der Waals surface area contributed by atoms with Gasteiger partial charge in [0.1, 0.15) is 0 Å². The molecule has 0 unspecified atom stereocenters. The number of fused-ring (bicyclic) bond motifs is 1. The van der Waals surface area contributed by atoms with Crippen LogP contribution in [0, 0.1) is 0 Å². The average Bonchev–Trinajstić information content (AvgIpc) is 2.90. The lowest BCUT2D eigenvalue weighted by molar-refractivity contribution is 0.0724. The second kappa shape index (κ2) is 5.14. The largest absolute Gasteiger partial charge is 0.339 e. The van der Waals surface area contributed by atoms with Gasteiger partial charge in [0.15, 0.2) is 5.65 Å². The SMILES string of the molecule is CS(=O)(=O)n1ccc2cc(C(=O)N3CCCCC3)cnc21. The first-order valence-corrected chi connectivity index (χ1v) is 8.78. The van der Waals surface area contributed by atoms with Crippen molar-refractivity contribution < 1.29 is 13.2 Å². The van der Waals surface area contributed by atoms with E-state index in [1.165, 1.54) is 12.4 Å². The number of piperidine rings is 1. The predicted molar refractivity (Wildman–Crippen MR) is 79.7 cm³/mol. The van der Waals surface area contributed by atoms with Crippen LogP contribution in [-0.2, 0) is 10.0 Å². The number of nitrogens with zero attached hydrogens (tertiary/aromatic N) is 3. The van der Waals surface area contributed by atoms with E-state index in [4.69, 9.17) is 0 Å². The van der Waals surface area contributed by atoms with Crippen molar-refractivity contribution >= 4 is 27.0 Å². The number of likely N-dealkylation sites (tertiary alicyclic amines) is 1. The Balaban J connectivity index is 1.96. The zero-order valence-electron chi connectivity index (χ0n) is 11.8. The van der Waals surface area contributed by atoms with Crippen LogP contribution in [0.1, 0.15) is 29.6 Å². The van der Waals surface area contributed by atoms with Gasteiger partial charge in [-0.05, 0) is 31.4 Å². The van der Waals surface area contributed by atoms with Gasteiger partial charge in [-0.15, -0.1) is 0 Å². The van der Waals surface area contributed by atoms with Crippen LogP contribution in [0.5, 0.6) is 0 Å². The Bertz CT molecular complexity index is 789. The van der Waals surface area contributed by atoms with E-state index in [0.717, 1.165) is 42.6 Å². The van der Waals surface area contributed by atoms with Crippen LogP contribution in [0.3, 0.4) is 0 Å². The molecule has 0 aliphatic carbocycles. The molecular formula is C14H17N3O3S. The molecule has 3 heterocycles. The fourth-order valence-electron chi connectivity index (χ4n) is 2.66. The minimum atomic E-state index is -3.38. The summed E-state index contributed by atoms with van der Waals surface area (Å²) in [7, 11) is -3.38.